The predicted octanol–water partition coefficient (Wildman–Crippen LogP) is 7.88. The molecule has 0 fully saturated rings. The Balaban J connectivity index is 7.01. The first-order valence-corrected chi connectivity index (χ1v) is 7.65. The van der Waals surface area contributed by atoms with Crippen molar-refractivity contribution in [3.63, 3.8) is 0 Å². The highest BCUT2D eigenvalue weighted by atomic mass is 19.4. The van der Waals surface area contributed by atoms with Crippen LogP contribution in [0.15, 0.2) is 0 Å². The summed E-state index contributed by atoms with van der Waals surface area (Å²) in [6.45, 7) is 0.150. The van der Waals surface area contributed by atoms with Crippen LogP contribution in [0.4, 0.5) is 92.2 Å². The summed E-state index contributed by atoms with van der Waals surface area (Å²) in [5.41, 5.74) is 0. The van der Waals surface area contributed by atoms with E-state index < -0.39 is 72.3 Å². The van der Waals surface area contributed by atoms with Gasteiger partial charge in [-0.15, -0.1) is 0 Å². The number of halogens is 21. The summed E-state index contributed by atoms with van der Waals surface area (Å²) < 4.78 is 274. The van der Waals surface area contributed by atoms with Gasteiger partial charge in [-0.1, -0.05) is 6.92 Å². The van der Waals surface area contributed by atoms with E-state index in [9.17, 15) is 92.2 Å². The van der Waals surface area contributed by atoms with Crippen LogP contribution in [0.25, 0.3) is 0 Å². The Labute approximate surface area is 173 Å². The molecule has 1 radical (unpaired) electrons. The second-order valence-electron chi connectivity index (χ2n) is 6.35. The number of hydrogen-bond acceptors (Lipinski definition) is 0. The molecule has 0 bridgehead atoms. The third-order valence-electron chi connectivity index (χ3n) is 4.17. The fourth-order valence-electron chi connectivity index (χ4n) is 1.96. The Morgan fingerprint density at radius 1 is 0.471 bits per heavy atom. The van der Waals surface area contributed by atoms with Gasteiger partial charge in [0, 0.05) is 0 Å². The zero-order chi connectivity index (χ0) is 28.4. The zero-order valence-corrected chi connectivity index (χ0v) is 15.2. The average molecular weight is 561 g/mol. The summed E-state index contributed by atoms with van der Waals surface area (Å²) in [4.78, 5) is 0. The van der Waals surface area contributed by atoms with Gasteiger partial charge in [0.2, 0.25) is 0 Å². The van der Waals surface area contributed by atoms with Crippen LogP contribution in [0.2, 0.25) is 0 Å². The van der Waals surface area contributed by atoms with Crippen molar-refractivity contribution in [2.45, 2.75) is 72.8 Å². The van der Waals surface area contributed by atoms with Gasteiger partial charge >= 0.3 is 59.7 Å². The molecule has 1 unspecified atom stereocenters. The molecule has 0 aromatic rings. The Bertz CT molecular complexity index is 718. The standard InChI is InChI=1S/C13H6F21/c1-2-3(14)5(17,18)7(21,22)9(25,26)11(29,30)13(33,34)12(31,32)10(27,28)8(23,24)6(19,20)4(15)16/h3H,2H2,1H3. The molecule has 0 amide bonds. The lowest BCUT2D eigenvalue weighted by molar-refractivity contribution is -0.464. The molecule has 34 heavy (non-hydrogen) atoms. The minimum Gasteiger partial charge on any atom is -0.241 e. The van der Waals surface area contributed by atoms with Crippen LogP contribution in [0.3, 0.4) is 0 Å². The minimum atomic E-state index is -9.09. The van der Waals surface area contributed by atoms with Gasteiger partial charge in [0.1, 0.15) is 0 Å². The van der Waals surface area contributed by atoms with Gasteiger partial charge in [-0.2, -0.15) is 87.8 Å². The molecule has 0 aliphatic heterocycles. The van der Waals surface area contributed by atoms with Crippen molar-refractivity contribution in [2.24, 2.45) is 0 Å². The molecule has 0 aliphatic rings. The molecule has 0 spiro atoms. The summed E-state index contributed by atoms with van der Waals surface area (Å²) in [7, 11) is 0. The largest absolute Gasteiger partial charge is 0.385 e. The first-order valence-electron chi connectivity index (χ1n) is 7.65. The fourth-order valence-corrected chi connectivity index (χ4v) is 1.96. The molecule has 0 aromatic carbocycles. The highest BCUT2D eigenvalue weighted by molar-refractivity contribution is 5.18. The summed E-state index contributed by atoms with van der Waals surface area (Å²) in [6, 6.07) is 0. The first-order chi connectivity index (χ1) is 14.4. The Morgan fingerprint density at radius 2 is 0.706 bits per heavy atom. The first kappa shape index (κ1) is 32.5. The van der Waals surface area contributed by atoms with Crippen molar-refractivity contribution in [1.29, 1.82) is 0 Å². The molecule has 21 heteroatoms. The topological polar surface area (TPSA) is 0 Å². The van der Waals surface area contributed by atoms with Crippen LogP contribution in [-0.2, 0) is 0 Å². The zero-order valence-electron chi connectivity index (χ0n) is 15.2. The number of hydrogen-bond donors (Lipinski definition) is 0. The second kappa shape index (κ2) is 8.29. The van der Waals surface area contributed by atoms with Crippen LogP contribution in [0.5, 0.6) is 0 Å². The van der Waals surface area contributed by atoms with Crippen molar-refractivity contribution >= 4 is 0 Å². The van der Waals surface area contributed by atoms with E-state index in [1.165, 1.54) is 0 Å². The van der Waals surface area contributed by atoms with E-state index in [1.807, 2.05) is 0 Å². The molecule has 205 valence electrons. The normalized spacial score (nSPS) is 17.4. The molecular weight excluding hydrogens is 555 g/mol. The smallest absolute Gasteiger partial charge is 0.241 e. The maximum atomic E-state index is 13.4. The second-order valence-corrected chi connectivity index (χ2v) is 6.35. The van der Waals surface area contributed by atoms with E-state index in [0.717, 1.165) is 0 Å². The predicted molar refractivity (Wildman–Crippen MR) is 65.2 cm³/mol. The average Bonchev–Trinajstić information content (AvgIpc) is 2.65. The Kier molecular flexibility index (Phi) is 7.93. The number of rotatable bonds is 11. The van der Waals surface area contributed by atoms with Crippen molar-refractivity contribution in [2.75, 3.05) is 0 Å². The van der Waals surface area contributed by atoms with Gasteiger partial charge in [-0.05, 0) is 6.42 Å². The minimum absolute atomic E-state index is 0.150. The fraction of sp³-hybridized carbons (Fsp3) is 0.923. The van der Waals surface area contributed by atoms with Crippen molar-refractivity contribution < 1.29 is 92.2 Å². The SMILES string of the molecule is CCC(F)C(F)(F)C(F)(F)C(F)(F)C(F)(F)C(F)(F)C(F)(F)C(F)(F)C(F)(F)C(F)(F)[C](F)F. The lowest BCUT2D eigenvalue weighted by Gasteiger charge is -2.44. The Morgan fingerprint density at radius 3 is 0.941 bits per heavy atom. The maximum absolute atomic E-state index is 13.4. The molecular formula is C13H6F21. The highest BCUT2D eigenvalue weighted by Crippen LogP contribution is 2.66. The monoisotopic (exact) mass is 561 g/mol. The van der Waals surface area contributed by atoms with Gasteiger partial charge < -0.3 is 0 Å². The molecule has 0 saturated carbocycles. The lowest BCUT2D eigenvalue weighted by atomic mass is 9.85. The third-order valence-corrected chi connectivity index (χ3v) is 4.17. The van der Waals surface area contributed by atoms with Gasteiger partial charge in [-0.25, -0.2) is 4.39 Å². The van der Waals surface area contributed by atoms with Crippen LogP contribution in [-0.4, -0.2) is 59.5 Å². The van der Waals surface area contributed by atoms with E-state index in [-0.39, 0.29) is 6.92 Å². The van der Waals surface area contributed by atoms with E-state index >= 15 is 0 Å². The summed E-state index contributed by atoms with van der Waals surface area (Å²) in [5.74, 6) is -76.3. The van der Waals surface area contributed by atoms with Crippen LogP contribution >= 0.6 is 0 Å². The molecule has 0 N–H and O–H groups in total. The molecule has 1 atom stereocenters. The van der Waals surface area contributed by atoms with E-state index in [0.29, 0.717) is 0 Å². The maximum Gasteiger partial charge on any atom is 0.385 e. The van der Waals surface area contributed by atoms with Crippen molar-refractivity contribution in [1.82, 2.24) is 0 Å². The van der Waals surface area contributed by atoms with Crippen LogP contribution in [0.1, 0.15) is 13.3 Å². The lowest BCUT2D eigenvalue weighted by Crippen LogP contribution is -2.76. The Hall–Kier alpha value is -1.47. The molecule has 0 rings (SSSR count). The van der Waals surface area contributed by atoms with E-state index in [4.69, 9.17) is 0 Å². The van der Waals surface area contributed by atoms with Gasteiger partial charge in [-0.3, -0.25) is 0 Å². The van der Waals surface area contributed by atoms with Crippen LogP contribution < -0.4 is 0 Å². The van der Waals surface area contributed by atoms with E-state index in [1.54, 1.807) is 0 Å². The summed E-state index contributed by atoms with van der Waals surface area (Å²) in [6.07, 6.45) is -11.8. The van der Waals surface area contributed by atoms with Crippen LogP contribution in [0, 0.1) is 6.43 Å². The van der Waals surface area contributed by atoms with Gasteiger partial charge in [0.05, 0.1) is 0 Å². The summed E-state index contributed by atoms with van der Waals surface area (Å²) in [5, 5.41) is 0. The quantitative estimate of drug-likeness (QED) is 0.225. The number of alkyl halides is 19. The van der Waals surface area contributed by atoms with Gasteiger partial charge in [0.15, 0.2) is 6.17 Å². The molecule has 0 saturated heterocycles. The third kappa shape index (κ3) is 3.73. The molecule has 0 aliphatic carbocycles. The van der Waals surface area contributed by atoms with Gasteiger partial charge in [0.25, 0.3) is 0 Å². The molecule has 0 aromatic heterocycles. The summed E-state index contributed by atoms with van der Waals surface area (Å²) >= 11 is 0. The van der Waals surface area contributed by atoms with E-state index in [2.05, 4.69) is 0 Å². The van der Waals surface area contributed by atoms with Crippen molar-refractivity contribution in [3.8, 4) is 0 Å². The van der Waals surface area contributed by atoms with Crippen molar-refractivity contribution in [3.05, 3.63) is 6.43 Å². The highest BCUT2D eigenvalue weighted by Gasteiger charge is 2.97. The molecule has 0 nitrogen and oxygen atoms in total. The molecule has 0 heterocycles.